The number of amides is 1. The summed E-state index contributed by atoms with van der Waals surface area (Å²) >= 11 is 0. The highest BCUT2D eigenvalue weighted by Crippen LogP contribution is 2.38. The zero-order chi connectivity index (χ0) is 8.84. The number of carbonyl (C=O) groups is 1. The summed E-state index contributed by atoms with van der Waals surface area (Å²) in [5, 5.41) is 2.74. The number of hydrogen-bond acceptors (Lipinski definition) is 3. The highest BCUT2D eigenvalue weighted by molar-refractivity contribution is 6.01. The fourth-order valence-corrected chi connectivity index (χ4v) is 1.67. The Morgan fingerprint density at radius 1 is 1.31 bits per heavy atom. The molecule has 0 atom stereocenters. The topological polar surface area (TPSA) is 47.6 Å². The van der Waals surface area contributed by atoms with E-state index in [1.54, 1.807) is 0 Å². The van der Waals surface area contributed by atoms with E-state index in [4.69, 9.17) is 9.47 Å². The van der Waals surface area contributed by atoms with E-state index in [0.717, 1.165) is 5.56 Å². The van der Waals surface area contributed by atoms with Gasteiger partial charge in [-0.25, -0.2) is 0 Å². The maximum absolute atomic E-state index is 11.4. The van der Waals surface area contributed by atoms with Gasteiger partial charge in [0, 0.05) is 6.54 Å². The molecule has 2 aliphatic heterocycles. The van der Waals surface area contributed by atoms with Gasteiger partial charge in [-0.1, -0.05) is 6.07 Å². The summed E-state index contributed by atoms with van der Waals surface area (Å²) in [6.45, 7) is 0.796. The Morgan fingerprint density at radius 2 is 2.23 bits per heavy atom. The van der Waals surface area contributed by atoms with Gasteiger partial charge in [-0.3, -0.25) is 4.79 Å². The molecule has 1 aromatic carbocycles. The third-order valence-electron chi connectivity index (χ3n) is 2.29. The van der Waals surface area contributed by atoms with Crippen LogP contribution in [-0.2, 0) is 6.54 Å². The number of ether oxygens (including phenoxy) is 2. The average Bonchev–Trinajstić information content (AvgIpc) is 2.70. The molecule has 0 unspecified atom stereocenters. The van der Waals surface area contributed by atoms with Gasteiger partial charge in [0.05, 0.1) is 5.56 Å². The van der Waals surface area contributed by atoms with Crippen LogP contribution in [-0.4, -0.2) is 12.7 Å². The van der Waals surface area contributed by atoms with Crippen molar-refractivity contribution >= 4 is 5.91 Å². The van der Waals surface area contributed by atoms with Crippen molar-refractivity contribution in [2.24, 2.45) is 0 Å². The maximum atomic E-state index is 11.4. The Hall–Kier alpha value is -1.71. The van der Waals surface area contributed by atoms with E-state index in [1.165, 1.54) is 0 Å². The molecule has 3 rings (SSSR count). The lowest BCUT2D eigenvalue weighted by atomic mass is 10.1. The molecule has 66 valence electrons. The smallest absolute Gasteiger partial charge is 0.255 e. The van der Waals surface area contributed by atoms with E-state index in [2.05, 4.69) is 5.32 Å². The number of fused-ring (bicyclic) bond motifs is 3. The van der Waals surface area contributed by atoms with Gasteiger partial charge in [0.1, 0.15) is 0 Å². The number of nitrogens with one attached hydrogen (secondary N) is 1. The average molecular weight is 177 g/mol. The second-order valence-corrected chi connectivity index (χ2v) is 3.02. The fraction of sp³-hybridized carbons (Fsp3) is 0.222. The SMILES string of the molecule is O=C1NCc2ccc3c(c21)OCO3. The van der Waals surface area contributed by atoms with Crippen molar-refractivity contribution in [1.82, 2.24) is 5.32 Å². The van der Waals surface area contributed by atoms with Gasteiger partial charge in [0.2, 0.25) is 6.79 Å². The second-order valence-electron chi connectivity index (χ2n) is 3.02. The number of carbonyl (C=O) groups excluding carboxylic acids is 1. The normalized spacial score (nSPS) is 17.1. The van der Waals surface area contributed by atoms with Crippen molar-refractivity contribution in [3.8, 4) is 11.5 Å². The van der Waals surface area contributed by atoms with Crippen molar-refractivity contribution in [1.29, 1.82) is 0 Å². The van der Waals surface area contributed by atoms with E-state index in [1.807, 2.05) is 12.1 Å². The summed E-state index contributed by atoms with van der Waals surface area (Å²) in [6, 6.07) is 3.72. The molecule has 0 radical (unpaired) electrons. The fourth-order valence-electron chi connectivity index (χ4n) is 1.67. The minimum Gasteiger partial charge on any atom is -0.454 e. The van der Waals surface area contributed by atoms with Crippen molar-refractivity contribution < 1.29 is 14.3 Å². The van der Waals surface area contributed by atoms with E-state index in [-0.39, 0.29) is 12.7 Å². The summed E-state index contributed by atoms with van der Waals surface area (Å²) in [5.74, 6) is 1.18. The van der Waals surface area contributed by atoms with Crippen molar-refractivity contribution in [3.05, 3.63) is 23.3 Å². The number of benzene rings is 1. The van der Waals surface area contributed by atoms with Crippen LogP contribution in [0.4, 0.5) is 0 Å². The quantitative estimate of drug-likeness (QED) is 0.633. The van der Waals surface area contributed by atoms with Gasteiger partial charge >= 0.3 is 0 Å². The van der Waals surface area contributed by atoms with Crippen LogP contribution in [0, 0.1) is 0 Å². The van der Waals surface area contributed by atoms with Gasteiger partial charge in [0.25, 0.3) is 5.91 Å². The molecule has 0 aliphatic carbocycles. The van der Waals surface area contributed by atoms with Crippen LogP contribution >= 0.6 is 0 Å². The third kappa shape index (κ3) is 0.771. The van der Waals surface area contributed by atoms with Gasteiger partial charge in [-0.2, -0.15) is 0 Å². The van der Waals surface area contributed by atoms with Crippen LogP contribution in [0.3, 0.4) is 0 Å². The summed E-state index contributed by atoms with van der Waals surface area (Å²) in [6.07, 6.45) is 0. The summed E-state index contributed by atoms with van der Waals surface area (Å²) in [4.78, 5) is 11.4. The molecule has 4 heteroatoms. The van der Waals surface area contributed by atoms with E-state index >= 15 is 0 Å². The van der Waals surface area contributed by atoms with Gasteiger partial charge in [0.15, 0.2) is 11.5 Å². The van der Waals surface area contributed by atoms with E-state index in [0.29, 0.717) is 23.6 Å². The molecule has 1 aromatic rings. The maximum Gasteiger partial charge on any atom is 0.255 e. The number of hydrogen-bond donors (Lipinski definition) is 1. The predicted molar refractivity (Wildman–Crippen MR) is 43.7 cm³/mol. The predicted octanol–water partition coefficient (Wildman–Crippen LogP) is 0.659. The Bertz CT molecular complexity index is 400. The molecular formula is C9H7NO3. The van der Waals surface area contributed by atoms with Crippen molar-refractivity contribution in [3.63, 3.8) is 0 Å². The van der Waals surface area contributed by atoms with E-state index in [9.17, 15) is 4.79 Å². The molecule has 13 heavy (non-hydrogen) atoms. The second kappa shape index (κ2) is 2.16. The molecule has 0 bridgehead atoms. The van der Waals surface area contributed by atoms with E-state index < -0.39 is 0 Å². The minimum atomic E-state index is -0.0719. The Balaban J connectivity index is 2.29. The molecule has 0 fully saturated rings. The summed E-state index contributed by atoms with van der Waals surface area (Å²) < 4.78 is 10.4. The Labute approximate surface area is 74.5 Å². The Morgan fingerprint density at radius 3 is 3.15 bits per heavy atom. The highest BCUT2D eigenvalue weighted by atomic mass is 16.7. The minimum absolute atomic E-state index is 0.0719. The number of rotatable bonds is 0. The van der Waals surface area contributed by atoms with Crippen molar-refractivity contribution in [2.45, 2.75) is 6.54 Å². The van der Waals surface area contributed by atoms with Crippen LogP contribution in [0.25, 0.3) is 0 Å². The van der Waals surface area contributed by atoms with Gasteiger partial charge in [-0.15, -0.1) is 0 Å². The van der Waals surface area contributed by atoms with Gasteiger partial charge < -0.3 is 14.8 Å². The molecule has 1 amide bonds. The summed E-state index contributed by atoms with van der Waals surface area (Å²) in [7, 11) is 0. The molecule has 4 nitrogen and oxygen atoms in total. The van der Waals surface area contributed by atoms with Crippen LogP contribution in [0.5, 0.6) is 11.5 Å². The summed E-state index contributed by atoms with van der Waals surface area (Å²) in [5.41, 5.74) is 1.62. The van der Waals surface area contributed by atoms with Crippen LogP contribution in [0.2, 0.25) is 0 Å². The zero-order valence-corrected chi connectivity index (χ0v) is 6.79. The zero-order valence-electron chi connectivity index (χ0n) is 6.79. The lowest BCUT2D eigenvalue weighted by Crippen LogP contribution is -2.12. The van der Waals surface area contributed by atoms with Crippen LogP contribution in [0.15, 0.2) is 12.1 Å². The first-order valence-corrected chi connectivity index (χ1v) is 4.06. The molecule has 2 aliphatic rings. The largest absolute Gasteiger partial charge is 0.454 e. The van der Waals surface area contributed by atoms with Gasteiger partial charge in [-0.05, 0) is 11.6 Å². The van der Waals surface area contributed by atoms with Crippen LogP contribution in [0.1, 0.15) is 15.9 Å². The van der Waals surface area contributed by atoms with Crippen LogP contribution < -0.4 is 14.8 Å². The molecule has 0 spiro atoms. The Kier molecular flexibility index (Phi) is 1.12. The molecule has 2 heterocycles. The van der Waals surface area contributed by atoms with Crippen molar-refractivity contribution in [2.75, 3.05) is 6.79 Å². The lowest BCUT2D eigenvalue weighted by Gasteiger charge is -2.00. The molecule has 0 saturated heterocycles. The first-order valence-electron chi connectivity index (χ1n) is 4.06. The highest BCUT2D eigenvalue weighted by Gasteiger charge is 2.29. The standard InChI is InChI=1S/C9H7NO3/c11-9-7-5(3-10-9)1-2-6-8(7)13-4-12-6/h1-2H,3-4H2,(H,10,11). The first kappa shape index (κ1) is 6.77. The third-order valence-corrected chi connectivity index (χ3v) is 2.29. The first-order chi connectivity index (χ1) is 6.36. The molecule has 0 saturated carbocycles. The molecule has 0 aromatic heterocycles. The molecule has 1 N–H and O–H groups in total. The molecular weight excluding hydrogens is 170 g/mol. The monoisotopic (exact) mass is 177 g/mol. The lowest BCUT2D eigenvalue weighted by molar-refractivity contribution is 0.0961.